The van der Waals surface area contributed by atoms with Gasteiger partial charge in [0.05, 0.1) is 19.8 Å². The van der Waals surface area contributed by atoms with Crippen molar-refractivity contribution in [1.82, 2.24) is 0 Å². The molecule has 0 spiro atoms. The van der Waals surface area contributed by atoms with Crippen molar-refractivity contribution >= 4 is 21.9 Å². The molecule has 25 heavy (non-hydrogen) atoms. The summed E-state index contributed by atoms with van der Waals surface area (Å²) >= 11 is 0. The highest BCUT2D eigenvalue weighted by Gasteiger charge is 2.21. The largest absolute Gasteiger partial charge is 0.491 e. The predicted molar refractivity (Wildman–Crippen MR) is 89.2 cm³/mol. The summed E-state index contributed by atoms with van der Waals surface area (Å²) in [6.07, 6.45) is 0.903. The minimum atomic E-state index is -0.625. The van der Waals surface area contributed by atoms with Crippen molar-refractivity contribution in [3.8, 4) is 11.5 Å². The molecule has 0 N–H and O–H groups in total. The van der Waals surface area contributed by atoms with Gasteiger partial charge in [-0.1, -0.05) is 0 Å². The third-order valence-corrected chi connectivity index (χ3v) is 4.42. The zero-order chi connectivity index (χ0) is 17.4. The number of benzene rings is 2. The SMILES string of the molecule is CCOc1ccc2c(oc3c(F)c(OCC4CCOC4)ccc32)c1F. The van der Waals surface area contributed by atoms with E-state index >= 15 is 0 Å². The molecule has 0 amide bonds. The van der Waals surface area contributed by atoms with Gasteiger partial charge in [-0.15, -0.1) is 0 Å². The molecule has 0 aliphatic carbocycles. The zero-order valence-corrected chi connectivity index (χ0v) is 13.8. The summed E-state index contributed by atoms with van der Waals surface area (Å²) in [6, 6.07) is 6.44. The smallest absolute Gasteiger partial charge is 0.208 e. The van der Waals surface area contributed by atoms with Crippen LogP contribution in [0.1, 0.15) is 13.3 Å². The van der Waals surface area contributed by atoms with Crippen LogP contribution < -0.4 is 9.47 Å². The van der Waals surface area contributed by atoms with Crippen molar-refractivity contribution in [2.45, 2.75) is 13.3 Å². The molecule has 1 aliphatic heterocycles. The Balaban J connectivity index is 1.72. The highest BCUT2D eigenvalue weighted by atomic mass is 19.1. The molecule has 1 unspecified atom stereocenters. The Kier molecular flexibility index (Phi) is 4.21. The van der Waals surface area contributed by atoms with Crippen molar-refractivity contribution in [1.29, 1.82) is 0 Å². The van der Waals surface area contributed by atoms with Gasteiger partial charge in [0, 0.05) is 23.3 Å². The maximum absolute atomic E-state index is 14.8. The molecule has 4 nitrogen and oxygen atoms in total. The number of fused-ring (bicyclic) bond motifs is 3. The standard InChI is InChI=1S/C19H18F2O4/c1-2-23-14-5-3-12-13-4-6-15(24-10-11-7-8-22-9-11)17(21)19(13)25-18(12)16(14)20/h3-6,11H,2,7-10H2,1H3. The van der Waals surface area contributed by atoms with Crippen molar-refractivity contribution in [2.75, 3.05) is 26.4 Å². The minimum absolute atomic E-state index is 0.0114. The van der Waals surface area contributed by atoms with E-state index in [0.717, 1.165) is 6.42 Å². The van der Waals surface area contributed by atoms with Gasteiger partial charge in [-0.3, -0.25) is 0 Å². The van der Waals surface area contributed by atoms with Crippen LogP contribution in [0.4, 0.5) is 8.78 Å². The molecule has 2 aromatic carbocycles. The number of furan rings is 1. The number of rotatable bonds is 5. The van der Waals surface area contributed by atoms with Crippen LogP contribution in [0.25, 0.3) is 21.9 Å². The Morgan fingerprint density at radius 3 is 2.20 bits per heavy atom. The molecule has 6 heteroatoms. The van der Waals surface area contributed by atoms with Crippen LogP contribution >= 0.6 is 0 Å². The number of halogens is 2. The van der Waals surface area contributed by atoms with E-state index in [-0.39, 0.29) is 28.6 Å². The average Bonchev–Trinajstić information content (AvgIpc) is 3.25. The molecule has 1 atom stereocenters. The Morgan fingerprint density at radius 2 is 1.64 bits per heavy atom. The summed E-state index contributed by atoms with van der Waals surface area (Å²) in [7, 11) is 0. The van der Waals surface area contributed by atoms with Gasteiger partial charge >= 0.3 is 0 Å². The number of hydrogen-bond donors (Lipinski definition) is 0. The molecule has 1 saturated heterocycles. The lowest BCUT2D eigenvalue weighted by Gasteiger charge is -2.10. The van der Waals surface area contributed by atoms with Crippen LogP contribution in [0.2, 0.25) is 0 Å². The molecule has 3 aromatic rings. The second kappa shape index (κ2) is 6.52. The summed E-state index contributed by atoms with van der Waals surface area (Å²) in [5.74, 6) is -0.793. The second-order valence-corrected chi connectivity index (χ2v) is 6.08. The zero-order valence-electron chi connectivity index (χ0n) is 13.8. The topological polar surface area (TPSA) is 40.8 Å². The first-order valence-corrected chi connectivity index (χ1v) is 8.35. The van der Waals surface area contributed by atoms with Crippen LogP contribution in [-0.4, -0.2) is 26.4 Å². The second-order valence-electron chi connectivity index (χ2n) is 6.08. The van der Waals surface area contributed by atoms with Gasteiger partial charge in [0.15, 0.2) is 22.7 Å². The van der Waals surface area contributed by atoms with E-state index in [1.165, 1.54) is 6.07 Å². The molecule has 4 rings (SSSR count). The monoisotopic (exact) mass is 348 g/mol. The van der Waals surface area contributed by atoms with Gasteiger partial charge < -0.3 is 18.6 Å². The third kappa shape index (κ3) is 2.80. The summed E-state index contributed by atoms with van der Waals surface area (Å²) in [5, 5.41) is 1.01. The molecule has 0 saturated carbocycles. The quantitative estimate of drug-likeness (QED) is 0.671. The lowest BCUT2D eigenvalue weighted by molar-refractivity contribution is 0.165. The first-order chi connectivity index (χ1) is 12.2. The van der Waals surface area contributed by atoms with E-state index in [0.29, 0.717) is 37.2 Å². The molecule has 0 bridgehead atoms. The highest BCUT2D eigenvalue weighted by molar-refractivity contribution is 6.06. The first kappa shape index (κ1) is 16.1. The Hall–Kier alpha value is -2.34. The van der Waals surface area contributed by atoms with E-state index in [9.17, 15) is 8.78 Å². The summed E-state index contributed by atoms with van der Waals surface area (Å²) in [6.45, 7) is 3.81. The molecular weight excluding hydrogens is 330 g/mol. The lowest BCUT2D eigenvalue weighted by Crippen LogP contribution is -2.12. The van der Waals surface area contributed by atoms with Gasteiger partial charge in [0.25, 0.3) is 0 Å². The van der Waals surface area contributed by atoms with Gasteiger partial charge in [-0.05, 0) is 37.6 Å². The van der Waals surface area contributed by atoms with Crippen molar-refractivity contribution in [3.63, 3.8) is 0 Å². The van der Waals surface area contributed by atoms with Crippen LogP contribution in [-0.2, 0) is 4.74 Å². The molecular formula is C19H18F2O4. The lowest BCUT2D eigenvalue weighted by atomic mass is 10.1. The number of ether oxygens (including phenoxy) is 3. The third-order valence-electron chi connectivity index (χ3n) is 4.42. The van der Waals surface area contributed by atoms with Gasteiger partial charge in [-0.25, -0.2) is 0 Å². The van der Waals surface area contributed by atoms with Gasteiger partial charge in [-0.2, -0.15) is 8.78 Å². The maximum Gasteiger partial charge on any atom is 0.208 e. The average molecular weight is 348 g/mol. The minimum Gasteiger partial charge on any atom is -0.491 e. The predicted octanol–water partition coefficient (Wildman–Crippen LogP) is 4.68. The fourth-order valence-corrected chi connectivity index (χ4v) is 3.10. The maximum atomic E-state index is 14.8. The van der Waals surface area contributed by atoms with Gasteiger partial charge in [0.2, 0.25) is 11.6 Å². The fourth-order valence-electron chi connectivity index (χ4n) is 3.10. The van der Waals surface area contributed by atoms with Crippen molar-refractivity contribution in [2.24, 2.45) is 5.92 Å². The normalized spacial score (nSPS) is 17.5. The van der Waals surface area contributed by atoms with E-state index in [4.69, 9.17) is 18.6 Å². The van der Waals surface area contributed by atoms with Crippen LogP contribution in [0.3, 0.4) is 0 Å². The Labute approximate surface area is 143 Å². The molecule has 2 heterocycles. The molecule has 1 aromatic heterocycles. The van der Waals surface area contributed by atoms with Crippen molar-refractivity contribution < 1.29 is 27.4 Å². The van der Waals surface area contributed by atoms with Crippen LogP contribution in [0.5, 0.6) is 11.5 Å². The van der Waals surface area contributed by atoms with Crippen LogP contribution in [0, 0.1) is 17.6 Å². The Morgan fingerprint density at radius 1 is 1.00 bits per heavy atom. The first-order valence-electron chi connectivity index (χ1n) is 8.35. The molecule has 1 fully saturated rings. The van der Waals surface area contributed by atoms with E-state index in [2.05, 4.69) is 0 Å². The highest BCUT2D eigenvalue weighted by Crippen LogP contribution is 2.38. The summed E-state index contributed by atoms with van der Waals surface area (Å²) in [4.78, 5) is 0. The van der Waals surface area contributed by atoms with E-state index < -0.39 is 11.6 Å². The van der Waals surface area contributed by atoms with E-state index in [1.807, 2.05) is 0 Å². The molecule has 1 aliphatic rings. The van der Waals surface area contributed by atoms with Crippen LogP contribution in [0.15, 0.2) is 28.7 Å². The summed E-state index contributed by atoms with van der Waals surface area (Å²) < 4.78 is 50.8. The van der Waals surface area contributed by atoms with Gasteiger partial charge in [0.1, 0.15) is 0 Å². The van der Waals surface area contributed by atoms with E-state index in [1.54, 1.807) is 25.1 Å². The number of hydrogen-bond acceptors (Lipinski definition) is 4. The summed E-state index contributed by atoms with van der Waals surface area (Å²) in [5.41, 5.74) is -0.0242. The molecule has 132 valence electrons. The Bertz CT molecular complexity index is 913. The fraction of sp³-hybridized carbons (Fsp3) is 0.368. The molecule has 0 radical (unpaired) electrons. The van der Waals surface area contributed by atoms with Crippen molar-refractivity contribution in [3.05, 3.63) is 35.9 Å².